The first-order valence-corrected chi connectivity index (χ1v) is 5.38. The van der Waals surface area contributed by atoms with Crippen molar-refractivity contribution in [2.45, 2.75) is 45.3 Å². The molecule has 92 valence electrons. The van der Waals surface area contributed by atoms with Crippen LogP contribution < -0.4 is 5.32 Å². The molecule has 1 saturated carbocycles. The van der Waals surface area contributed by atoms with Crippen LogP contribution in [-0.2, 0) is 14.3 Å². The minimum atomic E-state index is -0.489. The SMILES string of the molecule is COC(=O)CC1CC1NC(=O)OC(C)(C)C. The molecule has 0 aromatic heterocycles. The second kappa shape index (κ2) is 4.72. The third-order valence-electron chi connectivity index (χ3n) is 2.28. The summed E-state index contributed by atoms with van der Waals surface area (Å²) in [7, 11) is 1.36. The van der Waals surface area contributed by atoms with Crippen molar-refractivity contribution in [3.8, 4) is 0 Å². The smallest absolute Gasteiger partial charge is 0.407 e. The Morgan fingerprint density at radius 1 is 1.38 bits per heavy atom. The third kappa shape index (κ3) is 4.51. The molecule has 5 nitrogen and oxygen atoms in total. The molecular formula is C11H19NO4. The molecule has 1 aliphatic carbocycles. The van der Waals surface area contributed by atoms with E-state index in [1.807, 2.05) is 20.8 Å². The van der Waals surface area contributed by atoms with Gasteiger partial charge in [0.15, 0.2) is 0 Å². The number of nitrogens with one attached hydrogen (secondary N) is 1. The highest BCUT2D eigenvalue weighted by Gasteiger charge is 2.40. The number of carbonyl (C=O) groups excluding carboxylic acids is 2. The fraction of sp³-hybridized carbons (Fsp3) is 0.818. The van der Waals surface area contributed by atoms with E-state index in [-0.39, 0.29) is 17.9 Å². The van der Waals surface area contributed by atoms with Crippen molar-refractivity contribution < 1.29 is 19.1 Å². The summed E-state index contributed by atoms with van der Waals surface area (Å²) in [6, 6.07) is 0.0500. The largest absolute Gasteiger partial charge is 0.469 e. The van der Waals surface area contributed by atoms with Gasteiger partial charge >= 0.3 is 12.1 Å². The maximum atomic E-state index is 11.4. The van der Waals surface area contributed by atoms with Crippen LogP contribution in [0, 0.1) is 5.92 Å². The predicted molar refractivity (Wildman–Crippen MR) is 57.9 cm³/mol. The van der Waals surface area contributed by atoms with E-state index in [0.717, 1.165) is 6.42 Å². The molecule has 0 radical (unpaired) electrons. The number of methoxy groups -OCH3 is 1. The maximum absolute atomic E-state index is 11.4. The third-order valence-corrected chi connectivity index (χ3v) is 2.28. The first-order chi connectivity index (χ1) is 7.31. The Balaban J connectivity index is 2.21. The van der Waals surface area contributed by atoms with Crippen LogP contribution in [0.1, 0.15) is 33.6 Å². The van der Waals surface area contributed by atoms with Gasteiger partial charge in [-0.05, 0) is 33.1 Å². The second-order valence-corrected chi connectivity index (χ2v) is 5.03. The van der Waals surface area contributed by atoms with E-state index in [1.54, 1.807) is 0 Å². The van der Waals surface area contributed by atoms with Gasteiger partial charge in [-0.25, -0.2) is 4.79 Å². The molecule has 1 aliphatic rings. The molecule has 2 unspecified atom stereocenters. The first-order valence-electron chi connectivity index (χ1n) is 5.38. The van der Waals surface area contributed by atoms with Gasteiger partial charge in [0.25, 0.3) is 0 Å². The van der Waals surface area contributed by atoms with E-state index in [1.165, 1.54) is 7.11 Å². The number of hydrogen-bond donors (Lipinski definition) is 1. The van der Waals surface area contributed by atoms with Gasteiger partial charge in [-0.15, -0.1) is 0 Å². The summed E-state index contributed by atoms with van der Waals surface area (Å²) in [5, 5.41) is 2.72. The van der Waals surface area contributed by atoms with Crippen molar-refractivity contribution in [3.63, 3.8) is 0 Å². The van der Waals surface area contributed by atoms with E-state index in [9.17, 15) is 9.59 Å². The van der Waals surface area contributed by atoms with E-state index >= 15 is 0 Å². The molecule has 16 heavy (non-hydrogen) atoms. The average molecular weight is 229 g/mol. The Labute approximate surface area is 95.5 Å². The molecule has 2 atom stereocenters. The zero-order valence-corrected chi connectivity index (χ0v) is 10.2. The fourth-order valence-electron chi connectivity index (χ4n) is 1.41. The normalized spacial score (nSPS) is 23.5. The van der Waals surface area contributed by atoms with Crippen molar-refractivity contribution in [2.24, 2.45) is 5.92 Å². The van der Waals surface area contributed by atoms with Crippen molar-refractivity contribution in [1.82, 2.24) is 5.32 Å². The molecule has 0 aromatic carbocycles. The van der Waals surface area contributed by atoms with Crippen LogP contribution in [0.5, 0.6) is 0 Å². The van der Waals surface area contributed by atoms with Gasteiger partial charge in [-0.2, -0.15) is 0 Å². The number of rotatable bonds is 3. The molecule has 1 fully saturated rings. The first kappa shape index (κ1) is 12.8. The molecule has 1 N–H and O–H groups in total. The number of hydrogen-bond acceptors (Lipinski definition) is 4. The molecule has 0 aromatic rings. The van der Waals surface area contributed by atoms with Gasteiger partial charge < -0.3 is 14.8 Å². The fourth-order valence-corrected chi connectivity index (χ4v) is 1.41. The number of ether oxygens (including phenoxy) is 2. The topological polar surface area (TPSA) is 64.6 Å². The highest BCUT2D eigenvalue weighted by molar-refractivity contribution is 5.71. The molecule has 0 heterocycles. The summed E-state index contributed by atoms with van der Waals surface area (Å²) in [5.41, 5.74) is -0.489. The van der Waals surface area contributed by atoms with Crippen molar-refractivity contribution >= 4 is 12.1 Å². The van der Waals surface area contributed by atoms with Gasteiger partial charge in [0, 0.05) is 6.04 Å². The van der Waals surface area contributed by atoms with Crippen molar-refractivity contribution in [2.75, 3.05) is 7.11 Å². The zero-order chi connectivity index (χ0) is 12.3. The minimum absolute atomic E-state index is 0.0500. The molecule has 0 aliphatic heterocycles. The Kier molecular flexibility index (Phi) is 3.78. The highest BCUT2D eigenvalue weighted by atomic mass is 16.6. The van der Waals surface area contributed by atoms with E-state index in [4.69, 9.17) is 4.74 Å². The molecular weight excluding hydrogens is 210 g/mol. The average Bonchev–Trinajstić information content (AvgIpc) is 2.79. The van der Waals surface area contributed by atoms with E-state index in [2.05, 4.69) is 10.1 Å². The van der Waals surface area contributed by atoms with Crippen LogP contribution in [0.2, 0.25) is 0 Å². The monoisotopic (exact) mass is 229 g/mol. The van der Waals surface area contributed by atoms with E-state index in [0.29, 0.717) is 6.42 Å². The van der Waals surface area contributed by atoms with Crippen LogP contribution >= 0.6 is 0 Å². The van der Waals surface area contributed by atoms with Gasteiger partial charge in [0.05, 0.1) is 13.5 Å². The molecule has 0 bridgehead atoms. The lowest BCUT2D eigenvalue weighted by Crippen LogP contribution is -2.34. The summed E-state index contributed by atoms with van der Waals surface area (Å²) in [6.45, 7) is 5.43. The number of esters is 1. The van der Waals surface area contributed by atoms with Crippen molar-refractivity contribution in [1.29, 1.82) is 0 Å². The number of carbonyl (C=O) groups is 2. The number of amides is 1. The zero-order valence-electron chi connectivity index (χ0n) is 10.2. The van der Waals surface area contributed by atoms with Crippen LogP contribution in [0.15, 0.2) is 0 Å². The summed E-state index contributed by atoms with van der Waals surface area (Å²) >= 11 is 0. The quantitative estimate of drug-likeness (QED) is 0.744. The Hall–Kier alpha value is -1.26. The van der Waals surface area contributed by atoms with Crippen LogP contribution in [-0.4, -0.2) is 30.8 Å². The molecule has 0 saturated heterocycles. The van der Waals surface area contributed by atoms with Crippen molar-refractivity contribution in [3.05, 3.63) is 0 Å². The number of alkyl carbamates (subject to hydrolysis) is 1. The highest BCUT2D eigenvalue weighted by Crippen LogP contribution is 2.34. The summed E-state index contributed by atoms with van der Waals surface area (Å²) < 4.78 is 9.65. The Morgan fingerprint density at radius 3 is 2.50 bits per heavy atom. The molecule has 0 spiro atoms. The second-order valence-electron chi connectivity index (χ2n) is 5.03. The van der Waals surface area contributed by atoms with Crippen LogP contribution in [0.3, 0.4) is 0 Å². The minimum Gasteiger partial charge on any atom is -0.469 e. The molecule has 1 amide bonds. The lowest BCUT2D eigenvalue weighted by atomic mass is 10.2. The molecule has 1 rings (SSSR count). The van der Waals surface area contributed by atoms with Gasteiger partial charge in [-0.1, -0.05) is 0 Å². The van der Waals surface area contributed by atoms with E-state index < -0.39 is 11.7 Å². The van der Waals surface area contributed by atoms with Crippen LogP contribution in [0.4, 0.5) is 4.79 Å². The standard InChI is InChI=1S/C11H19NO4/c1-11(2,3)16-10(14)12-8-5-7(8)6-9(13)15-4/h7-8H,5-6H2,1-4H3,(H,12,14). The summed E-state index contributed by atoms with van der Waals surface area (Å²) in [4.78, 5) is 22.3. The summed E-state index contributed by atoms with van der Waals surface area (Å²) in [6.07, 6.45) is 0.746. The van der Waals surface area contributed by atoms with Gasteiger partial charge in [0.2, 0.25) is 0 Å². The molecule has 5 heteroatoms. The van der Waals surface area contributed by atoms with Crippen LogP contribution in [0.25, 0.3) is 0 Å². The predicted octanol–water partition coefficient (Wildman–Crippen LogP) is 1.46. The van der Waals surface area contributed by atoms with Gasteiger partial charge in [-0.3, -0.25) is 4.79 Å². The summed E-state index contributed by atoms with van der Waals surface area (Å²) in [5.74, 6) is -0.0431. The van der Waals surface area contributed by atoms with Gasteiger partial charge in [0.1, 0.15) is 5.60 Å². The Bertz CT molecular complexity index is 282. The maximum Gasteiger partial charge on any atom is 0.407 e. The lowest BCUT2D eigenvalue weighted by molar-refractivity contribution is -0.141. The lowest BCUT2D eigenvalue weighted by Gasteiger charge is -2.19. The Morgan fingerprint density at radius 2 is 2.00 bits per heavy atom.